The quantitative estimate of drug-likeness (QED) is 0.821. The van der Waals surface area contributed by atoms with Gasteiger partial charge in [0.15, 0.2) is 0 Å². The van der Waals surface area contributed by atoms with Crippen LogP contribution in [0.5, 0.6) is 0 Å². The zero-order valence-corrected chi connectivity index (χ0v) is 11.1. The average molecular weight is 277 g/mol. The van der Waals surface area contributed by atoms with E-state index in [0.29, 0.717) is 12.2 Å². The Morgan fingerprint density at radius 3 is 2.95 bits per heavy atom. The lowest BCUT2D eigenvalue weighted by Crippen LogP contribution is -2.30. The summed E-state index contributed by atoms with van der Waals surface area (Å²) in [5, 5.41) is 2.50. The predicted octanol–water partition coefficient (Wildman–Crippen LogP) is 2.07. The van der Waals surface area contributed by atoms with Gasteiger partial charge in [-0.15, -0.1) is 0 Å². The van der Waals surface area contributed by atoms with E-state index in [1.807, 2.05) is 6.07 Å². The monoisotopic (exact) mass is 277 g/mol. The second kappa shape index (κ2) is 6.21. The van der Waals surface area contributed by atoms with Crippen LogP contribution < -0.4 is 11.1 Å². The molecule has 0 aliphatic rings. The molecule has 2 rings (SSSR count). The first-order valence-electron chi connectivity index (χ1n) is 6.10. The summed E-state index contributed by atoms with van der Waals surface area (Å²) in [7, 11) is 1.78. The largest absolute Gasteiger partial charge is 0.468 e. The molecule has 6 heteroatoms. The summed E-state index contributed by atoms with van der Waals surface area (Å²) in [6.45, 7) is 0.620. The Labute approximate surface area is 116 Å². The number of anilines is 2. The Balaban J connectivity index is 1.90. The van der Waals surface area contributed by atoms with Crippen LogP contribution in [0.25, 0.3) is 0 Å². The fourth-order valence-corrected chi connectivity index (χ4v) is 1.80. The van der Waals surface area contributed by atoms with Crippen LogP contribution in [-0.2, 0) is 11.3 Å². The molecule has 0 unspecified atom stereocenters. The van der Waals surface area contributed by atoms with Crippen molar-refractivity contribution in [1.82, 2.24) is 4.90 Å². The van der Waals surface area contributed by atoms with Gasteiger partial charge in [0.2, 0.25) is 5.91 Å². The van der Waals surface area contributed by atoms with E-state index in [-0.39, 0.29) is 18.1 Å². The minimum Gasteiger partial charge on any atom is -0.468 e. The van der Waals surface area contributed by atoms with Gasteiger partial charge in [-0.3, -0.25) is 9.69 Å². The molecule has 0 aliphatic heterocycles. The van der Waals surface area contributed by atoms with Gasteiger partial charge in [0.05, 0.1) is 25.0 Å². The van der Waals surface area contributed by atoms with Crippen LogP contribution in [0.3, 0.4) is 0 Å². The zero-order chi connectivity index (χ0) is 14.5. The molecule has 0 radical (unpaired) electrons. The summed E-state index contributed by atoms with van der Waals surface area (Å²) >= 11 is 0. The molecule has 0 atom stereocenters. The molecule has 0 saturated carbocycles. The van der Waals surface area contributed by atoms with E-state index in [2.05, 4.69) is 5.32 Å². The third-order valence-corrected chi connectivity index (χ3v) is 2.68. The summed E-state index contributed by atoms with van der Waals surface area (Å²) < 4.78 is 18.7. The summed E-state index contributed by atoms with van der Waals surface area (Å²) in [6, 6.07) is 7.66. The first-order valence-corrected chi connectivity index (χ1v) is 6.10. The molecule has 0 aliphatic carbocycles. The number of halogens is 1. The first-order chi connectivity index (χ1) is 9.54. The maximum absolute atomic E-state index is 13.5. The van der Waals surface area contributed by atoms with Crippen molar-refractivity contribution in [3.05, 3.63) is 48.2 Å². The lowest BCUT2D eigenvalue weighted by molar-refractivity contribution is -0.117. The molecular weight excluding hydrogens is 261 g/mol. The highest BCUT2D eigenvalue weighted by molar-refractivity contribution is 5.92. The Morgan fingerprint density at radius 1 is 1.45 bits per heavy atom. The Kier molecular flexibility index (Phi) is 4.37. The molecule has 3 N–H and O–H groups in total. The number of nitrogens with two attached hydrogens (primary N) is 1. The third-order valence-electron chi connectivity index (χ3n) is 2.68. The third kappa shape index (κ3) is 3.83. The van der Waals surface area contributed by atoms with Crippen molar-refractivity contribution in [2.24, 2.45) is 0 Å². The van der Waals surface area contributed by atoms with Crippen LogP contribution in [0.1, 0.15) is 5.76 Å². The van der Waals surface area contributed by atoms with E-state index >= 15 is 0 Å². The number of nitrogens with zero attached hydrogens (tertiary/aromatic N) is 1. The van der Waals surface area contributed by atoms with Gasteiger partial charge >= 0.3 is 0 Å². The maximum atomic E-state index is 13.5. The van der Waals surface area contributed by atoms with Crippen molar-refractivity contribution in [3.8, 4) is 0 Å². The molecule has 0 fully saturated rings. The van der Waals surface area contributed by atoms with Gasteiger partial charge < -0.3 is 15.5 Å². The fraction of sp³-hybridized carbons (Fsp3) is 0.214. The van der Waals surface area contributed by atoms with Crippen molar-refractivity contribution >= 4 is 17.3 Å². The number of furan rings is 1. The lowest BCUT2D eigenvalue weighted by atomic mass is 10.2. The van der Waals surface area contributed by atoms with Gasteiger partial charge in [-0.1, -0.05) is 0 Å². The highest BCUT2D eigenvalue weighted by Gasteiger charge is 2.11. The average Bonchev–Trinajstić information content (AvgIpc) is 2.86. The Hall–Kier alpha value is -2.34. The van der Waals surface area contributed by atoms with Crippen LogP contribution >= 0.6 is 0 Å². The summed E-state index contributed by atoms with van der Waals surface area (Å²) in [5.41, 5.74) is 6.03. The number of carbonyl (C=O) groups excluding carboxylic acids is 1. The molecular formula is C14H16FN3O2. The van der Waals surface area contributed by atoms with E-state index in [1.165, 1.54) is 18.2 Å². The van der Waals surface area contributed by atoms with Gasteiger partial charge in [-0.2, -0.15) is 0 Å². The molecule has 1 aromatic carbocycles. The van der Waals surface area contributed by atoms with E-state index in [4.69, 9.17) is 10.2 Å². The van der Waals surface area contributed by atoms with Crippen LogP contribution in [0, 0.1) is 5.82 Å². The minimum absolute atomic E-state index is 0.0846. The molecule has 1 aromatic heterocycles. The maximum Gasteiger partial charge on any atom is 0.238 e. The molecule has 5 nitrogen and oxygen atoms in total. The van der Waals surface area contributed by atoms with Gasteiger partial charge in [0, 0.05) is 5.69 Å². The van der Waals surface area contributed by atoms with Gasteiger partial charge in [-0.05, 0) is 37.4 Å². The number of carbonyl (C=O) groups is 1. The minimum atomic E-state index is -0.513. The second-order valence-corrected chi connectivity index (χ2v) is 4.54. The van der Waals surface area contributed by atoms with Gasteiger partial charge in [0.25, 0.3) is 0 Å². The van der Waals surface area contributed by atoms with Crippen molar-refractivity contribution < 1.29 is 13.6 Å². The molecule has 2 aromatic rings. The van der Waals surface area contributed by atoms with E-state index in [9.17, 15) is 9.18 Å². The van der Waals surface area contributed by atoms with Crippen LogP contribution in [0.4, 0.5) is 15.8 Å². The summed E-state index contributed by atoms with van der Waals surface area (Å²) in [5.74, 6) is -0.0692. The lowest BCUT2D eigenvalue weighted by Gasteiger charge is -2.15. The standard InChI is InChI=1S/C14H16FN3O2/c1-18(8-11-3-2-6-20-11)9-14(19)17-13-7-10(16)4-5-12(13)15/h2-7H,8-9,16H2,1H3,(H,17,19). The topological polar surface area (TPSA) is 71.5 Å². The highest BCUT2D eigenvalue weighted by Crippen LogP contribution is 2.17. The molecule has 0 spiro atoms. The van der Waals surface area contributed by atoms with Crippen molar-refractivity contribution in [2.45, 2.75) is 6.54 Å². The summed E-state index contributed by atoms with van der Waals surface area (Å²) in [4.78, 5) is 13.6. The van der Waals surface area contributed by atoms with Crippen molar-refractivity contribution in [1.29, 1.82) is 0 Å². The Morgan fingerprint density at radius 2 is 2.25 bits per heavy atom. The number of benzene rings is 1. The normalized spacial score (nSPS) is 10.8. The van der Waals surface area contributed by atoms with Gasteiger partial charge in [0.1, 0.15) is 11.6 Å². The predicted molar refractivity (Wildman–Crippen MR) is 74.5 cm³/mol. The van der Waals surface area contributed by atoms with Gasteiger partial charge in [-0.25, -0.2) is 4.39 Å². The molecule has 1 heterocycles. The van der Waals surface area contributed by atoms with Crippen LogP contribution in [0.2, 0.25) is 0 Å². The number of hydrogen-bond acceptors (Lipinski definition) is 4. The molecule has 106 valence electrons. The number of likely N-dealkylation sites (N-methyl/N-ethyl adjacent to an activating group) is 1. The molecule has 0 saturated heterocycles. The van der Waals surface area contributed by atoms with E-state index in [1.54, 1.807) is 24.3 Å². The fourth-order valence-electron chi connectivity index (χ4n) is 1.80. The van der Waals surface area contributed by atoms with E-state index in [0.717, 1.165) is 5.76 Å². The van der Waals surface area contributed by atoms with Crippen molar-refractivity contribution in [3.63, 3.8) is 0 Å². The smallest absolute Gasteiger partial charge is 0.238 e. The second-order valence-electron chi connectivity index (χ2n) is 4.54. The number of amides is 1. The summed E-state index contributed by atoms with van der Waals surface area (Å²) in [6.07, 6.45) is 1.57. The number of hydrogen-bond donors (Lipinski definition) is 2. The SMILES string of the molecule is CN(CC(=O)Nc1cc(N)ccc1F)Cc1ccco1. The van der Waals surface area contributed by atoms with Crippen LogP contribution in [-0.4, -0.2) is 24.4 Å². The molecule has 20 heavy (non-hydrogen) atoms. The molecule has 0 bridgehead atoms. The van der Waals surface area contributed by atoms with Crippen molar-refractivity contribution in [2.75, 3.05) is 24.6 Å². The first kappa shape index (κ1) is 14.1. The highest BCUT2D eigenvalue weighted by atomic mass is 19.1. The Bertz CT molecular complexity index is 584. The number of nitrogens with one attached hydrogen (secondary N) is 1. The zero-order valence-electron chi connectivity index (χ0n) is 11.1. The molecule has 1 amide bonds. The van der Waals surface area contributed by atoms with Crippen LogP contribution in [0.15, 0.2) is 41.0 Å². The number of rotatable bonds is 5. The van der Waals surface area contributed by atoms with E-state index < -0.39 is 5.82 Å². The number of nitrogen functional groups attached to an aromatic ring is 1.